The smallest absolute Gasteiger partial charge is 0.253 e. The Balaban J connectivity index is 1.65. The van der Waals surface area contributed by atoms with Crippen LogP contribution >= 0.6 is 0 Å². The first-order chi connectivity index (χ1) is 13.1. The Labute approximate surface area is 157 Å². The molecule has 3 amide bonds. The molecule has 0 atom stereocenters. The van der Waals surface area contributed by atoms with Gasteiger partial charge < -0.3 is 15.5 Å². The molecule has 1 aliphatic heterocycles. The number of rotatable bonds is 5. The van der Waals surface area contributed by atoms with E-state index >= 15 is 0 Å². The molecule has 27 heavy (non-hydrogen) atoms. The van der Waals surface area contributed by atoms with Crippen LogP contribution in [0.5, 0.6) is 0 Å². The summed E-state index contributed by atoms with van der Waals surface area (Å²) in [7, 11) is 1.54. The third kappa shape index (κ3) is 4.41. The van der Waals surface area contributed by atoms with Crippen molar-refractivity contribution in [2.75, 3.05) is 23.8 Å². The average molecular weight is 363 g/mol. The molecule has 1 heterocycles. The molecule has 0 aromatic heterocycles. The topological polar surface area (TPSA) is 78.5 Å². The van der Waals surface area contributed by atoms with Crippen LogP contribution in [0.25, 0.3) is 6.08 Å². The fourth-order valence-corrected chi connectivity index (χ4v) is 2.96. The molecule has 6 nitrogen and oxygen atoms in total. The predicted octanol–water partition coefficient (Wildman–Crippen LogP) is 2.82. The van der Waals surface area contributed by atoms with E-state index in [4.69, 9.17) is 0 Å². The Morgan fingerprint density at radius 1 is 1.07 bits per heavy atom. The highest BCUT2D eigenvalue weighted by atomic mass is 16.2. The van der Waals surface area contributed by atoms with Crippen molar-refractivity contribution < 1.29 is 14.4 Å². The molecule has 0 bridgehead atoms. The van der Waals surface area contributed by atoms with Crippen molar-refractivity contribution in [2.24, 2.45) is 0 Å². The maximum atomic E-state index is 12.2. The highest BCUT2D eigenvalue weighted by Crippen LogP contribution is 2.22. The van der Waals surface area contributed by atoms with E-state index < -0.39 is 0 Å². The van der Waals surface area contributed by atoms with Gasteiger partial charge in [-0.2, -0.15) is 0 Å². The zero-order chi connectivity index (χ0) is 19.2. The first-order valence-electron chi connectivity index (χ1n) is 8.79. The molecular weight excluding hydrogens is 342 g/mol. The van der Waals surface area contributed by atoms with E-state index in [1.165, 1.54) is 6.08 Å². The summed E-state index contributed by atoms with van der Waals surface area (Å²) in [6.45, 7) is 0.751. The molecule has 3 rings (SSSR count). The Morgan fingerprint density at radius 2 is 1.81 bits per heavy atom. The molecule has 138 valence electrons. The SMILES string of the molecule is CNC(=O)c1ccccc1NC(=O)/C=C/c1ccc(N2CCCC2=O)cc1. The molecule has 0 radical (unpaired) electrons. The summed E-state index contributed by atoms with van der Waals surface area (Å²) in [4.78, 5) is 37.6. The number of benzene rings is 2. The summed E-state index contributed by atoms with van der Waals surface area (Å²) in [6.07, 6.45) is 4.58. The summed E-state index contributed by atoms with van der Waals surface area (Å²) in [5, 5.41) is 5.27. The Morgan fingerprint density at radius 3 is 2.48 bits per heavy atom. The first kappa shape index (κ1) is 18.4. The maximum absolute atomic E-state index is 12.2. The van der Waals surface area contributed by atoms with Gasteiger partial charge in [0.15, 0.2) is 0 Å². The van der Waals surface area contributed by atoms with Crippen molar-refractivity contribution in [3.8, 4) is 0 Å². The second-order valence-electron chi connectivity index (χ2n) is 6.19. The number of amides is 3. The molecule has 2 aromatic rings. The maximum Gasteiger partial charge on any atom is 0.253 e. The van der Waals surface area contributed by atoms with Crippen molar-refractivity contribution >= 4 is 35.2 Å². The second kappa shape index (κ2) is 8.31. The zero-order valence-corrected chi connectivity index (χ0v) is 15.1. The summed E-state index contributed by atoms with van der Waals surface area (Å²) in [5.74, 6) is -0.445. The molecular formula is C21H21N3O3. The van der Waals surface area contributed by atoms with Crippen molar-refractivity contribution in [1.82, 2.24) is 5.32 Å². The van der Waals surface area contributed by atoms with Gasteiger partial charge in [0.25, 0.3) is 5.91 Å². The minimum Gasteiger partial charge on any atom is -0.355 e. The van der Waals surface area contributed by atoms with Gasteiger partial charge in [0, 0.05) is 31.8 Å². The van der Waals surface area contributed by atoms with E-state index in [0.717, 1.165) is 24.2 Å². The van der Waals surface area contributed by atoms with E-state index in [1.54, 1.807) is 42.3 Å². The highest BCUT2D eigenvalue weighted by Gasteiger charge is 2.21. The summed E-state index contributed by atoms with van der Waals surface area (Å²) in [5.41, 5.74) is 2.58. The van der Waals surface area contributed by atoms with E-state index in [1.807, 2.05) is 24.3 Å². The number of anilines is 2. The third-order valence-corrected chi connectivity index (χ3v) is 4.36. The minimum atomic E-state index is -0.329. The Hall–Kier alpha value is -3.41. The monoisotopic (exact) mass is 363 g/mol. The largest absolute Gasteiger partial charge is 0.355 e. The van der Waals surface area contributed by atoms with Gasteiger partial charge in [-0.15, -0.1) is 0 Å². The number of carbonyl (C=O) groups excluding carboxylic acids is 3. The van der Waals surface area contributed by atoms with E-state index in [-0.39, 0.29) is 17.7 Å². The molecule has 1 saturated heterocycles. The fourth-order valence-electron chi connectivity index (χ4n) is 2.96. The molecule has 0 aliphatic carbocycles. The van der Waals surface area contributed by atoms with Crippen LogP contribution in [0.2, 0.25) is 0 Å². The Kier molecular flexibility index (Phi) is 5.66. The minimum absolute atomic E-state index is 0.146. The van der Waals surface area contributed by atoms with Gasteiger partial charge in [0.05, 0.1) is 11.3 Å². The molecule has 2 N–H and O–H groups in total. The van der Waals surface area contributed by atoms with Gasteiger partial charge in [-0.05, 0) is 42.3 Å². The molecule has 6 heteroatoms. The van der Waals surface area contributed by atoms with E-state index in [2.05, 4.69) is 10.6 Å². The molecule has 0 spiro atoms. The molecule has 0 saturated carbocycles. The van der Waals surface area contributed by atoms with Crippen LogP contribution < -0.4 is 15.5 Å². The van der Waals surface area contributed by atoms with Crippen molar-refractivity contribution in [3.63, 3.8) is 0 Å². The van der Waals surface area contributed by atoms with E-state index in [0.29, 0.717) is 17.7 Å². The van der Waals surface area contributed by atoms with Gasteiger partial charge in [0.1, 0.15) is 0 Å². The molecule has 2 aromatic carbocycles. The molecule has 0 unspecified atom stereocenters. The van der Waals surface area contributed by atoms with Crippen LogP contribution in [-0.4, -0.2) is 31.3 Å². The summed E-state index contributed by atoms with van der Waals surface area (Å²) < 4.78 is 0. The van der Waals surface area contributed by atoms with Crippen LogP contribution in [0.4, 0.5) is 11.4 Å². The van der Waals surface area contributed by atoms with Crippen LogP contribution in [0.3, 0.4) is 0 Å². The normalized spacial score (nSPS) is 13.8. The number of nitrogens with one attached hydrogen (secondary N) is 2. The quantitative estimate of drug-likeness (QED) is 0.802. The number of hydrogen-bond acceptors (Lipinski definition) is 3. The van der Waals surface area contributed by atoms with Gasteiger partial charge in [-0.3, -0.25) is 14.4 Å². The van der Waals surface area contributed by atoms with Crippen molar-refractivity contribution in [3.05, 3.63) is 65.7 Å². The Bertz CT molecular complexity index is 888. The molecule has 1 fully saturated rings. The van der Waals surface area contributed by atoms with E-state index in [9.17, 15) is 14.4 Å². The third-order valence-electron chi connectivity index (χ3n) is 4.36. The number of hydrogen-bond donors (Lipinski definition) is 2. The lowest BCUT2D eigenvalue weighted by atomic mass is 10.1. The molecule has 1 aliphatic rings. The van der Waals surface area contributed by atoms with Crippen LogP contribution in [0.1, 0.15) is 28.8 Å². The lowest BCUT2D eigenvalue weighted by Gasteiger charge is -2.15. The standard InChI is InChI=1S/C21H21N3O3/c1-22-21(27)17-5-2-3-6-18(17)23-19(25)13-10-15-8-11-16(12-9-15)24-14-4-7-20(24)26/h2-3,5-6,8-13H,4,7,14H2,1H3,(H,22,27)(H,23,25)/b13-10+. The second-order valence-corrected chi connectivity index (χ2v) is 6.19. The number of carbonyl (C=O) groups is 3. The number of para-hydroxylation sites is 1. The van der Waals surface area contributed by atoms with Gasteiger partial charge >= 0.3 is 0 Å². The van der Waals surface area contributed by atoms with Crippen LogP contribution in [0, 0.1) is 0 Å². The lowest BCUT2D eigenvalue weighted by Crippen LogP contribution is -2.23. The first-order valence-corrected chi connectivity index (χ1v) is 8.79. The van der Waals surface area contributed by atoms with Gasteiger partial charge in [-0.25, -0.2) is 0 Å². The predicted molar refractivity (Wildman–Crippen MR) is 106 cm³/mol. The average Bonchev–Trinajstić information content (AvgIpc) is 3.12. The van der Waals surface area contributed by atoms with Gasteiger partial charge in [0.2, 0.25) is 11.8 Å². The van der Waals surface area contributed by atoms with Crippen LogP contribution in [-0.2, 0) is 9.59 Å². The highest BCUT2D eigenvalue weighted by molar-refractivity contribution is 6.07. The van der Waals surface area contributed by atoms with Crippen molar-refractivity contribution in [1.29, 1.82) is 0 Å². The summed E-state index contributed by atoms with van der Waals surface area (Å²) in [6, 6.07) is 14.3. The van der Waals surface area contributed by atoms with Gasteiger partial charge in [-0.1, -0.05) is 24.3 Å². The van der Waals surface area contributed by atoms with Crippen molar-refractivity contribution in [2.45, 2.75) is 12.8 Å². The van der Waals surface area contributed by atoms with Crippen LogP contribution in [0.15, 0.2) is 54.6 Å². The fraction of sp³-hybridized carbons (Fsp3) is 0.190. The lowest BCUT2D eigenvalue weighted by molar-refractivity contribution is -0.117. The zero-order valence-electron chi connectivity index (χ0n) is 15.1. The summed E-state index contributed by atoms with van der Waals surface area (Å²) >= 11 is 0. The number of nitrogens with zero attached hydrogens (tertiary/aromatic N) is 1.